The van der Waals surface area contributed by atoms with Gasteiger partial charge in [-0.15, -0.1) is 0 Å². The molecule has 0 bridgehead atoms. The van der Waals surface area contributed by atoms with Crippen LogP contribution in [0.5, 0.6) is 0 Å². The lowest BCUT2D eigenvalue weighted by atomic mass is 10.2. The Bertz CT molecular complexity index is 438. The molecular formula is C11H16N4OS. The molecule has 17 heavy (non-hydrogen) atoms. The number of nitrogens with zero attached hydrogens (tertiary/aromatic N) is 3. The molecule has 0 radical (unpaired) electrons. The third kappa shape index (κ3) is 3.90. The Labute approximate surface area is 105 Å². The van der Waals surface area contributed by atoms with Crippen molar-refractivity contribution in [1.82, 2.24) is 20.1 Å². The van der Waals surface area contributed by atoms with Gasteiger partial charge in [0.2, 0.25) is 0 Å². The maximum absolute atomic E-state index is 5.70. The number of aryl methyl sites for hydroxylation is 1. The van der Waals surface area contributed by atoms with Crippen LogP contribution in [0.25, 0.3) is 0 Å². The highest BCUT2D eigenvalue weighted by atomic mass is 32.2. The zero-order chi connectivity index (χ0) is 12.1. The molecule has 0 spiro atoms. The smallest absolute Gasteiger partial charge is 0.191 e. The summed E-state index contributed by atoms with van der Waals surface area (Å²) in [6.07, 6.45) is 3.56. The van der Waals surface area contributed by atoms with E-state index in [9.17, 15) is 0 Å². The Hall–Kier alpha value is -1.27. The van der Waals surface area contributed by atoms with Crippen LogP contribution < -0.4 is 0 Å². The lowest BCUT2D eigenvalue weighted by molar-refractivity contribution is 0.378. The topological polar surface area (TPSA) is 58.0 Å². The monoisotopic (exact) mass is 252 g/mol. The summed E-state index contributed by atoms with van der Waals surface area (Å²) in [5, 5.41) is 8.18. The van der Waals surface area contributed by atoms with Crippen molar-refractivity contribution >= 4 is 11.8 Å². The van der Waals surface area contributed by atoms with E-state index in [1.807, 2.05) is 12.1 Å². The zero-order valence-electron chi connectivity index (χ0n) is 10.0. The van der Waals surface area contributed by atoms with Gasteiger partial charge in [-0.25, -0.2) is 4.98 Å². The second kappa shape index (κ2) is 5.88. The molecule has 2 heterocycles. The maximum atomic E-state index is 5.70. The first-order valence-corrected chi connectivity index (χ1v) is 6.32. The van der Waals surface area contributed by atoms with Gasteiger partial charge in [0.1, 0.15) is 12.1 Å². The minimum absolute atomic E-state index is 0.749. The number of furan rings is 1. The number of hydrogen-bond donors (Lipinski definition) is 1. The molecule has 2 aromatic heterocycles. The zero-order valence-corrected chi connectivity index (χ0v) is 10.8. The predicted molar refractivity (Wildman–Crippen MR) is 66.1 cm³/mol. The van der Waals surface area contributed by atoms with Crippen LogP contribution in [0.15, 0.2) is 33.1 Å². The predicted octanol–water partition coefficient (Wildman–Crippen LogP) is 2.04. The van der Waals surface area contributed by atoms with Gasteiger partial charge in [0.25, 0.3) is 0 Å². The number of nitrogens with one attached hydrogen (secondary N) is 1. The van der Waals surface area contributed by atoms with Gasteiger partial charge in [0.05, 0.1) is 0 Å². The van der Waals surface area contributed by atoms with Gasteiger partial charge < -0.3 is 9.32 Å². The largest absolute Gasteiger partial charge is 0.454 e. The van der Waals surface area contributed by atoms with Gasteiger partial charge in [-0.2, -0.15) is 5.10 Å². The molecule has 0 unspecified atom stereocenters. The first-order valence-electron chi connectivity index (χ1n) is 5.50. The Morgan fingerprint density at radius 1 is 1.41 bits per heavy atom. The Kier molecular flexibility index (Phi) is 4.22. The van der Waals surface area contributed by atoms with E-state index in [0.29, 0.717) is 0 Å². The van der Waals surface area contributed by atoms with Gasteiger partial charge >= 0.3 is 0 Å². The van der Waals surface area contributed by atoms with E-state index in [1.54, 1.807) is 0 Å². The highest BCUT2D eigenvalue weighted by molar-refractivity contribution is 7.99. The summed E-state index contributed by atoms with van der Waals surface area (Å²) in [6.45, 7) is 1.07. The molecule has 0 saturated carbocycles. The highest BCUT2D eigenvalue weighted by Crippen LogP contribution is 2.26. The van der Waals surface area contributed by atoms with E-state index in [2.05, 4.69) is 34.2 Å². The molecule has 0 fully saturated rings. The van der Waals surface area contributed by atoms with Gasteiger partial charge in [-0.1, -0.05) is 0 Å². The second-order valence-electron chi connectivity index (χ2n) is 4.02. The standard InChI is InChI=1S/C11H16N4OS/c1-15(2)7-3-4-9-5-6-10(16-9)17-11-12-8-13-14-11/h5-6,8H,3-4,7H2,1-2H3,(H,12,13,14). The average molecular weight is 252 g/mol. The summed E-state index contributed by atoms with van der Waals surface area (Å²) in [5.41, 5.74) is 0. The molecule has 0 atom stereocenters. The molecule has 0 amide bonds. The van der Waals surface area contributed by atoms with Crippen LogP contribution in [0.2, 0.25) is 0 Å². The van der Waals surface area contributed by atoms with Crippen molar-refractivity contribution in [3.8, 4) is 0 Å². The summed E-state index contributed by atoms with van der Waals surface area (Å²) >= 11 is 1.45. The summed E-state index contributed by atoms with van der Waals surface area (Å²) in [7, 11) is 4.15. The molecule has 0 aliphatic carbocycles. The SMILES string of the molecule is CN(C)CCCc1ccc(Sc2ncn[nH]2)o1. The minimum Gasteiger partial charge on any atom is -0.454 e. The molecule has 2 aromatic rings. The maximum Gasteiger partial charge on any atom is 0.191 e. The van der Waals surface area contributed by atoms with Crippen LogP contribution in [0.3, 0.4) is 0 Å². The molecule has 5 nitrogen and oxygen atoms in total. The molecule has 0 aliphatic rings. The molecule has 0 saturated heterocycles. The van der Waals surface area contributed by atoms with Crippen molar-refractivity contribution in [2.45, 2.75) is 23.1 Å². The third-order valence-corrected chi connectivity index (χ3v) is 3.07. The normalized spacial score (nSPS) is 11.2. The number of aromatic nitrogens is 3. The molecule has 1 N–H and O–H groups in total. The Morgan fingerprint density at radius 3 is 3.00 bits per heavy atom. The fraction of sp³-hybridized carbons (Fsp3) is 0.455. The summed E-state index contributed by atoms with van der Waals surface area (Å²) in [4.78, 5) is 6.21. The van der Waals surface area contributed by atoms with Crippen molar-refractivity contribution < 1.29 is 4.42 Å². The van der Waals surface area contributed by atoms with Gasteiger partial charge in [-0.05, 0) is 51.0 Å². The van der Waals surface area contributed by atoms with Crippen molar-refractivity contribution in [3.05, 3.63) is 24.2 Å². The molecule has 0 aliphatic heterocycles. The molecular weight excluding hydrogens is 236 g/mol. The first-order chi connectivity index (χ1) is 8.24. The van der Waals surface area contributed by atoms with Crippen molar-refractivity contribution in [3.63, 3.8) is 0 Å². The minimum atomic E-state index is 0.749. The van der Waals surface area contributed by atoms with Gasteiger partial charge in [-0.3, -0.25) is 5.10 Å². The molecule has 2 rings (SSSR count). The van der Waals surface area contributed by atoms with Crippen LogP contribution >= 0.6 is 11.8 Å². The quantitative estimate of drug-likeness (QED) is 0.852. The second-order valence-corrected chi connectivity index (χ2v) is 5.01. The van der Waals surface area contributed by atoms with E-state index in [1.165, 1.54) is 18.1 Å². The lowest BCUT2D eigenvalue weighted by Crippen LogP contribution is -2.13. The summed E-state index contributed by atoms with van der Waals surface area (Å²) < 4.78 is 5.70. The van der Waals surface area contributed by atoms with Crippen LogP contribution in [-0.2, 0) is 6.42 Å². The summed E-state index contributed by atoms with van der Waals surface area (Å²) in [5.74, 6) is 1.02. The molecule has 6 heteroatoms. The van der Waals surface area contributed by atoms with Crippen LogP contribution in [0.1, 0.15) is 12.2 Å². The average Bonchev–Trinajstić information content (AvgIpc) is 2.90. The number of H-pyrrole nitrogens is 1. The fourth-order valence-corrected chi connectivity index (χ4v) is 2.13. The van der Waals surface area contributed by atoms with E-state index in [0.717, 1.165) is 35.4 Å². The van der Waals surface area contributed by atoms with Crippen LogP contribution in [0.4, 0.5) is 0 Å². The van der Waals surface area contributed by atoms with Gasteiger partial charge in [0.15, 0.2) is 10.2 Å². The van der Waals surface area contributed by atoms with Crippen molar-refractivity contribution in [1.29, 1.82) is 0 Å². The highest BCUT2D eigenvalue weighted by Gasteiger charge is 2.06. The first kappa shape index (κ1) is 12.2. The third-order valence-electron chi connectivity index (χ3n) is 2.26. The fourth-order valence-electron chi connectivity index (χ4n) is 1.46. The van der Waals surface area contributed by atoms with Gasteiger partial charge in [0, 0.05) is 6.42 Å². The number of hydrogen-bond acceptors (Lipinski definition) is 5. The number of aromatic amines is 1. The van der Waals surface area contributed by atoms with E-state index in [-0.39, 0.29) is 0 Å². The van der Waals surface area contributed by atoms with E-state index in [4.69, 9.17) is 4.42 Å². The summed E-state index contributed by atoms with van der Waals surface area (Å²) in [6, 6.07) is 3.99. The van der Waals surface area contributed by atoms with E-state index < -0.39 is 0 Å². The Morgan fingerprint density at radius 2 is 2.29 bits per heavy atom. The molecule has 92 valence electrons. The van der Waals surface area contributed by atoms with Crippen LogP contribution in [-0.4, -0.2) is 40.7 Å². The van der Waals surface area contributed by atoms with Crippen molar-refractivity contribution in [2.24, 2.45) is 0 Å². The molecule has 0 aromatic carbocycles. The number of rotatable bonds is 6. The van der Waals surface area contributed by atoms with Crippen molar-refractivity contribution in [2.75, 3.05) is 20.6 Å². The van der Waals surface area contributed by atoms with E-state index >= 15 is 0 Å². The Balaban J connectivity index is 1.83. The van der Waals surface area contributed by atoms with Crippen LogP contribution in [0, 0.1) is 0 Å². The lowest BCUT2D eigenvalue weighted by Gasteiger charge is -2.07.